The molecule has 0 aromatic heterocycles. The van der Waals surface area contributed by atoms with Crippen LogP contribution in [-0.4, -0.2) is 16.8 Å². The number of benzene rings is 2. The molecule has 0 bridgehead atoms. The molecule has 21 heavy (non-hydrogen) atoms. The van der Waals surface area contributed by atoms with Gasteiger partial charge in [-0.25, -0.2) is 4.39 Å². The van der Waals surface area contributed by atoms with Gasteiger partial charge in [-0.2, -0.15) is 0 Å². The van der Waals surface area contributed by atoms with Crippen molar-refractivity contribution in [2.45, 2.75) is 12.7 Å². The quantitative estimate of drug-likeness (QED) is 0.828. The zero-order valence-electron chi connectivity index (χ0n) is 11.6. The highest BCUT2D eigenvalue weighted by atomic mass is 32.2. The highest BCUT2D eigenvalue weighted by Gasteiger charge is 2.07. The molecule has 3 nitrogen and oxygen atoms in total. The smallest absolute Gasteiger partial charge is 0.234 e. The molecule has 0 aliphatic heterocycles. The lowest BCUT2D eigenvalue weighted by atomic mass is 10.2. The number of phenolic OH excluding ortho intramolecular Hbond substituents is 1. The van der Waals surface area contributed by atoms with Crippen LogP contribution in [0.25, 0.3) is 0 Å². The number of aromatic hydroxyl groups is 1. The molecule has 0 saturated carbocycles. The van der Waals surface area contributed by atoms with Gasteiger partial charge in [0.25, 0.3) is 0 Å². The number of anilines is 1. The minimum atomic E-state index is -0.267. The van der Waals surface area contributed by atoms with Crippen LogP contribution in [0.2, 0.25) is 0 Å². The van der Waals surface area contributed by atoms with Crippen molar-refractivity contribution in [3.05, 3.63) is 59.4 Å². The molecule has 1 amide bonds. The monoisotopic (exact) mass is 305 g/mol. The molecule has 0 atom stereocenters. The number of hydrogen-bond acceptors (Lipinski definition) is 3. The third-order valence-electron chi connectivity index (χ3n) is 2.84. The molecular formula is C16H16FNO2S. The summed E-state index contributed by atoms with van der Waals surface area (Å²) in [5.74, 6) is 0.516. The first-order chi connectivity index (χ1) is 10.0. The SMILES string of the molecule is Cc1ccc(NC(=O)CSCc2ccc(F)cc2)c(O)c1. The van der Waals surface area contributed by atoms with Crippen LogP contribution < -0.4 is 5.32 Å². The van der Waals surface area contributed by atoms with Gasteiger partial charge in [-0.3, -0.25) is 4.79 Å². The maximum absolute atomic E-state index is 12.8. The number of carbonyl (C=O) groups is 1. The lowest BCUT2D eigenvalue weighted by Crippen LogP contribution is -2.14. The molecular weight excluding hydrogens is 289 g/mol. The van der Waals surface area contributed by atoms with Crippen LogP contribution in [0, 0.1) is 12.7 Å². The van der Waals surface area contributed by atoms with E-state index in [0.717, 1.165) is 11.1 Å². The molecule has 2 aromatic rings. The highest BCUT2D eigenvalue weighted by molar-refractivity contribution is 7.99. The maximum atomic E-state index is 12.8. The number of aryl methyl sites for hydroxylation is 1. The summed E-state index contributed by atoms with van der Waals surface area (Å²) in [6.07, 6.45) is 0. The van der Waals surface area contributed by atoms with Crippen LogP contribution in [0.15, 0.2) is 42.5 Å². The van der Waals surface area contributed by atoms with Crippen LogP contribution in [0.1, 0.15) is 11.1 Å². The average Bonchev–Trinajstić information content (AvgIpc) is 2.44. The van der Waals surface area contributed by atoms with E-state index >= 15 is 0 Å². The van der Waals surface area contributed by atoms with Crippen molar-refractivity contribution in [1.29, 1.82) is 0 Å². The predicted octanol–water partition coefficient (Wildman–Crippen LogP) is 3.71. The van der Waals surface area contributed by atoms with Crippen molar-refractivity contribution in [2.75, 3.05) is 11.1 Å². The number of hydrogen-bond donors (Lipinski definition) is 2. The molecule has 2 aromatic carbocycles. The van der Waals surface area contributed by atoms with Gasteiger partial charge in [0.1, 0.15) is 11.6 Å². The number of phenols is 1. The molecule has 0 spiro atoms. The normalized spacial score (nSPS) is 10.4. The summed E-state index contributed by atoms with van der Waals surface area (Å²) in [7, 11) is 0. The fourth-order valence-electron chi connectivity index (χ4n) is 1.78. The van der Waals surface area contributed by atoms with Crippen molar-refractivity contribution < 1.29 is 14.3 Å². The van der Waals surface area contributed by atoms with Crippen LogP contribution in [0.4, 0.5) is 10.1 Å². The number of carbonyl (C=O) groups excluding carboxylic acids is 1. The Morgan fingerprint density at radius 1 is 1.24 bits per heavy atom. The van der Waals surface area contributed by atoms with Gasteiger partial charge in [-0.1, -0.05) is 18.2 Å². The Hall–Kier alpha value is -2.01. The Balaban J connectivity index is 1.81. The largest absolute Gasteiger partial charge is 0.506 e. The molecule has 0 fully saturated rings. The Morgan fingerprint density at radius 3 is 2.62 bits per heavy atom. The molecule has 2 N–H and O–H groups in total. The second kappa shape index (κ2) is 7.13. The van der Waals surface area contributed by atoms with E-state index in [1.54, 1.807) is 24.3 Å². The second-order valence-electron chi connectivity index (χ2n) is 4.69. The predicted molar refractivity (Wildman–Crippen MR) is 84.0 cm³/mol. The molecule has 0 aliphatic rings. The van der Waals surface area contributed by atoms with Gasteiger partial charge >= 0.3 is 0 Å². The van der Waals surface area contributed by atoms with E-state index in [1.807, 2.05) is 13.0 Å². The molecule has 0 saturated heterocycles. The molecule has 0 heterocycles. The van der Waals surface area contributed by atoms with Gasteiger partial charge in [-0.05, 0) is 42.3 Å². The van der Waals surface area contributed by atoms with Gasteiger partial charge < -0.3 is 10.4 Å². The van der Waals surface area contributed by atoms with Crippen molar-refractivity contribution in [1.82, 2.24) is 0 Å². The number of nitrogens with one attached hydrogen (secondary N) is 1. The average molecular weight is 305 g/mol. The first kappa shape index (κ1) is 15.4. The first-order valence-corrected chi connectivity index (χ1v) is 7.62. The Kier molecular flexibility index (Phi) is 5.22. The summed E-state index contributed by atoms with van der Waals surface area (Å²) >= 11 is 1.43. The number of halogens is 1. The summed E-state index contributed by atoms with van der Waals surface area (Å²) < 4.78 is 12.8. The van der Waals surface area contributed by atoms with Gasteiger partial charge in [-0.15, -0.1) is 11.8 Å². The van der Waals surface area contributed by atoms with E-state index in [-0.39, 0.29) is 23.2 Å². The molecule has 0 aliphatic carbocycles. The van der Waals surface area contributed by atoms with Gasteiger partial charge in [0.05, 0.1) is 11.4 Å². The number of rotatable bonds is 5. The van der Waals surface area contributed by atoms with Gasteiger partial charge in [0.15, 0.2) is 0 Å². The lowest BCUT2D eigenvalue weighted by Gasteiger charge is -2.08. The number of amides is 1. The van der Waals surface area contributed by atoms with E-state index in [2.05, 4.69) is 5.32 Å². The highest BCUT2D eigenvalue weighted by Crippen LogP contribution is 2.24. The van der Waals surface area contributed by atoms with Crippen LogP contribution >= 0.6 is 11.8 Å². The van der Waals surface area contributed by atoms with Crippen LogP contribution in [0.3, 0.4) is 0 Å². The lowest BCUT2D eigenvalue weighted by molar-refractivity contribution is -0.113. The van der Waals surface area contributed by atoms with E-state index in [9.17, 15) is 14.3 Å². The van der Waals surface area contributed by atoms with Crippen molar-refractivity contribution in [3.8, 4) is 5.75 Å². The first-order valence-electron chi connectivity index (χ1n) is 6.46. The Bertz CT molecular complexity index is 629. The topological polar surface area (TPSA) is 49.3 Å². The molecule has 110 valence electrons. The van der Waals surface area contributed by atoms with Gasteiger partial charge in [0.2, 0.25) is 5.91 Å². The zero-order valence-corrected chi connectivity index (χ0v) is 12.4. The Morgan fingerprint density at radius 2 is 1.95 bits per heavy atom. The summed E-state index contributed by atoms with van der Waals surface area (Å²) in [6, 6.07) is 11.3. The van der Waals surface area contributed by atoms with Crippen LogP contribution in [-0.2, 0) is 10.5 Å². The molecule has 0 radical (unpaired) electrons. The fraction of sp³-hybridized carbons (Fsp3) is 0.188. The minimum absolute atomic E-state index is 0.0619. The molecule has 5 heteroatoms. The summed E-state index contributed by atoms with van der Waals surface area (Å²) in [4.78, 5) is 11.8. The zero-order chi connectivity index (χ0) is 15.2. The van der Waals surface area contributed by atoms with Crippen molar-refractivity contribution >= 4 is 23.4 Å². The third kappa shape index (κ3) is 4.79. The Labute approximate surface area is 127 Å². The minimum Gasteiger partial charge on any atom is -0.506 e. The van der Waals surface area contributed by atoms with E-state index in [1.165, 1.54) is 23.9 Å². The van der Waals surface area contributed by atoms with Gasteiger partial charge in [0, 0.05) is 5.75 Å². The summed E-state index contributed by atoms with van der Waals surface area (Å²) in [5, 5.41) is 12.4. The van der Waals surface area contributed by atoms with E-state index < -0.39 is 0 Å². The third-order valence-corrected chi connectivity index (χ3v) is 3.85. The standard InChI is InChI=1S/C16H16FNO2S/c1-11-2-7-14(15(19)8-11)18-16(20)10-21-9-12-3-5-13(17)6-4-12/h2-8,19H,9-10H2,1H3,(H,18,20). The fourth-order valence-corrected chi connectivity index (χ4v) is 2.56. The van der Waals surface area contributed by atoms with Crippen molar-refractivity contribution in [2.24, 2.45) is 0 Å². The second-order valence-corrected chi connectivity index (χ2v) is 5.67. The maximum Gasteiger partial charge on any atom is 0.234 e. The molecule has 2 rings (SSSR count). The van der Waals surface area contributed by atoms with Crippen molar-refractivity contribution in [3.63, 3.8) is 0 Å². The summed E-state index contributed by atoms with van der Waals surface area (Å²) in [6.45, 7) is 1.86. The molecule has 0 unspecified atom stereocenters. The van der Waals surface area contributed by atoms with E-state index in [4.69, 9.17) is 0 Å². The van der Waals surface area contributed by atoms with Crippen LogP contribution in [0.5, 0.6) is 5.75 Å². The van der Waals surface area contributed by atoms with E-state index in [0.29, 0.717) is 11.4 Å². The summed E-state index contributed by atoms with van der Waals surface area (Å²) in [5.41, 5.74) is 2.30. The number of thioether (sulfide) groups is 1.